The summed E-state index contributed by atoms with van der Waals surface area (Å²) in [5, 5.41) is 0. The zero-order valence-electron chi connectivity index (χ0n) is 6.98. The van der Waals surface area contributed by atoms with Crippen LogP contribution in [0.1, 0.15) is 33.6 Å². The highest BCUT2D eigenvalue weighted by atomic mass is 16.5. The molecule has 1 atom stereocenters. The Morgan fingerprint density at radius 2 is 1.89 bits per heavy atom. The van der Waals surface area contributed by atoms with Crippen molar-refractivity contribution in [1.82, 2.24) is 0 Å². The fourth-order valence-corrected chi connectivity index (χ4v) is 0.955. The number of rotatable bonds is 4. The van der Waals surface area contributed by atoms with Gasteiger partial charge in [0.15, 0.2) is 0 Å². The molecule has 0 saturated carbocycles. The molecule has 1 heteroatoms. The second-order valence-corrected chi connectivity index (χ2v) is 2.90. The van der Waals surface area contributed by atoms with E-state index in [2.05, 4.69) is 20.8 Å². The minimum absolute atomic E-state index is 0.477. The summed E-state index contributed by atoms with van der Waals surface area (Å²) in [6, 6.07) is 0. The zero-order chi connectivity index (χ0) is 7.28. The maximum absolute atomic E-state index is 5.21. The van der Waals surface area contributed by atoms with E-state index >= 15 is 0 Å². The predicted octanol–water partition coefficient (Wildman–Crippen LogP) is 2.46. The zero-order valence-corrected chi connectivity index (χ0v) is 6.98. The highest BCUT2D eigenvalue weighted by Crippen LogP contribution is 2.09. The van der Waals surface area contributed by atoms with Crippen molar-refractivity contribution in [3.05, 3.63) is 0 Å². The van der Waals surface area contributed by atoms with E-state index in [1.807, 2.05) is 0 Å². The summed E-state index contributed by atoms with van der Waals surface area (Å²) >= 11 is 0. The van der Waals surface area contributed by atoms with Crippen molar-refractivity contribution in [2.75, 3.05) is 7.11 Å². The van der Waals surface area contributed by atoms with Crippen molar-refractivity contribution < 1.29 is 4.74 Å². The number of methoxy groups -OCH3 is 1. The molecule has 0 aliphatic carbocycles. The van der Waals surface area contributed by atoms with Crippen molar-refractivity contribution in [2.45, 2.75) is 39.7 Å². The largest absolute Gasteiger partial charge is 0.381 e. The molecule has 0 aromatic carbocycles. The average molecular weight is 130 g/mol. The number of hydrogen-bond donors (Lipinski definition) is 0. The Morgan fingerprint density at radius 3 is 2.00 bits per heavy atom. The van der Waals surface area contributed by atoms with E-state index in [1.54, 1.807) is 7.11 Å². The van der Waals surface area contributed by atoms with E-state index in [1.165, 1.54) is 6.42 Å². The molecule has 1 nitrogen and oxygen atoms in total. The monoisotopic (exact) mass is 130 g/mol. The Morgan fingerprint density at radius 1 is 1.33 bits per heavy atom. The van der Waals surface area contributed by atoms with Crippen LogP contribution in [0.4, 0.5) is 0 Å². The van der Waals surface area contributed by atoms with Gasteiger partial charge >= 0.3 is 0 Å². The lowest BCUT2D eigenvalue weighted by atomic mass is 10.0. The van der Waals surface area contributed by atoms with Crippen LogP contribution < -0.4 is 0 Å². The van der Waals surface area contributed by atoms with Gasteiger partial charge in [-0.2, -0.15) is 0 Å². The summed E-state index contributed by atoms with van der Waals surface area (Å²) in [5.74, 6) is 0.759. The van der Waals surface area contributed by atoms with Gasteiger partial charge in [0, 0.05) is 7.11 Å². The van der Waals surface area contributed by atoms with Crippen molar-refractivity contribution in [2.24, 2.45) is 5.92 Å². The second kappa shape index (κ2) is 4.80. The van der Waals surface area contributed by atoms with E-state index in [-0.39, 0.29) is 0 Å². The van der Waals surface area contributed by atoms with E-state index in [9.17, 15) is 0 Å². The molecule has 0 aliphatic rings. The summed E-state index contributed by atoms with van der Waals surface area (Å²) in [5.41, 5.74) is 0. The lowest BCUT2D eigenvalue weighted by molar-refractivity contribution is 0.0815. The molecule has 0 aromatic heterocycles. The van der Waals surface area contributed by atoms with Crippen LogP contribution in [0.5, 0.6) is 0 Å². The van der Waals surface area contributed by atoms with Crippen molar-refractivity contribution in [3.63, 3.8) is 0 Å². The molecule has 0 bridgehead atoms. The van der Waals surface area contributed by atoms with E-state index in [0.29, 0.717) is 6.10 Å². The molecule has 0 amide bonds. The van der Waals surface area contributed by atoms with Gasteiger partial charge in [0.25, 0.3) is 0 Å². The van der Waals surface area contributed by atoms with Gasteiger partial charge in [0.1, 0.15) is 0 Å². The van der Waals surface area contributed by atoms with Gasteiger partial charge in [-0.05, 0) is 18.8 Å². The SMILES string of the molecule is CC[C@@H](CC(C)C)OC. The number of ether oxygens (including phenoxy) is 1. The predicted molar refractivity (Wildman–Crippen MR) is 40.5 cm³/mol. The maximum Gasteiger partial charge on any atom is 0.0571 e. The fourth-order valence-electron chi connectivity index (χ4n) is 0.955. The van der Waals surface area contributed by atoms with Crippen LogP contribution >= 0.6 is 0 Å². The van der Waals surface area contributed by atoms with Crippen molar-refractivity contribution in [1.29, 1.82) is 0 Å². The van der Waals surface area contributed by atoms with Gasteiger partial charge in [0.2, 0.25) is 0 Å². The molecule has 0 aromatic rings. The number of hydrogen-bond acceptors (Lipinski definition) is 1. The van der Waals surface area contributed by atoms with E-state index < -0.39 is 0 Å². The second-order valence-electron chi connectivity index (χ2n) is 2.90. The van der Waals surface area contributed by atoms with Gasteiger partial charge in [-0.15, -0.1) is 0 Å². The first kappa shape index (κ1) is 8.96. The molecule has 0 rings (SSSR count). The van der Waals surface area contributed by atoms with Gasteiger partial charge in [-0.1, -0.05) is 20.8 Å². The molecule has 0 heterocycles. The van der Waals surface area contributed by atoms with Gasteiger partial charge in [-0.25, -0.2) is 0 Å². The van der Waals surface area contributed by atoms with Crippen molar-refractivity contribution in [3.8, 4) is 0 Å². The van der Waals surface area contributed by atoms with Gasteiger partial charge in [0.05, 0.1) is 6.10 Å². The highest BCUT2D eigenvalue weighted by Gasteiger charge is 2.05. The van der Waals surface area contributed by atoms with Crippen LogP contribution in [0.15, 0.2) is 0 Å². The quantitative estimate of drug-likeness (QED) is 0.568. The lowest BCUT2D eigenvalue weighted by Gasteiger charge is -2.14. The Balaban J connectivity index is 3.31. The molecule has 0 fully saturated rings. The third kappa shape index (κ3) is 4.46. The van der Waals surface area contributed by atoms with Crippen LogP contribution in [0, 0.1) is 5.92 Å². The molecule has 0 unspecified atom stereocenters. The first-order valence-electron chi connectivity index (χ1n) is 3.73. The summed E-state index contributed by atoms with van der Waals surface area (Å²) in [4.78, 5) is 0. The Kier molecular flexibility index (Phi) is 4.78. The minimum Gasteiger partial charge on any atom is -0.381 e. The van der Waals surface area contributed by atoms with Crippen LogP contribution in [0.3, 0.4) is 0 Å². The van der Waals surface area contributed by atoms with Crippen molar-refractivity contribution >= 4 is 0 Å². The topological polar surface area (TPSA) is 9.23 Å². The standard InChI is InChI=1S/C8H18O/c1-5-8(9-4)6-7(2)3/h7-8H,5-6H2,1-4H3/t8-/m0/s1. The Bertz CT molecular complexity index is 55.6. The summed E-state index contributed by atoms with van der Waals surface area (Å²) < 4.78 is 5.21. The van der Waals surface area contributed by atoms with Crippen LogP contribution in [0.25, 0.3) is 0 Å². The van der Waals surface area contributed by atoms with E-state index in [0.717, 1.165) is 12.3 Å². The fraction of sp³-hybridized carbons (Fsp3) is 1.00. The summed E-state index contributed by atoms with van der Waals surface area (Å²) in [6.45, 7) is 6.61. The molecule has 0 aliphatic heterocycles. The average Bonchev–Trinajstić information content (AvgIpc) is 1.82. The third-order valence-corrected chi connectivity index (χ3v) is 1.52. The van der Waals surface area contributed by atoms with Crippen LogP contribution in [-0.4, -0.2) is 13.2 Å². The normalized spacial score (nSPS) is 14.3. The third-order valence-electron chi connectivity index (χ3n) is 1.52. The lowest BCUT2D eigenvalue weighted by Crippen LogP contribution is -2.11. The van der Waals surface area contributed by atoms with Crippen LogP contribution in [-0.2, 0) is 4.74 Å². The van der Waals surface area contributed by atoms with E-state index in [4.69, 9.17) is 4.74 Å². The van der Waals surface area contributed by atoms with Gasteiger partial charge in [-0.3, -0.25) is 0 Å². The molecular formula is C8H18O. The molecule has 0 saturated heterocycles. The molecule has 56 valence electrons. The first-order chi connectivity index (χ1) is 4.20. The molecule has 0 N–H and O–H groups in total. The summed E-state index contributed by atoms with van der Waals surface area (Å²) in [7, 11) is 1.79. The molecule has 0 radical (unpaired) electrons. The minimum atomic E-state index is 0.477. The highest BCUT2D eigenvalue weighted by molar-refractivity contribution is 4.56. The van der Waals surface area contributed by atoms with Crippen LogP contribution in [0.2, 0.25) is 0 Å². The molecule has 0 spiro atoms. The molecule has 9 heavy (non-hydrogen) atoms. The smallest absolute Gasteiger partial charge is 0.0571 e. The first-order valence-corrected chi connectivity index (χ1v) is 3.73. The Labute approximate surface area is 58.4 Å². The Hall–Kier alpha value is -0.0400. The summed E-state index contributed by atoms with van der Waals surface area (Å²) in [6.07, 6.45) is 2.80. The van der Waals surface area contributed by atoms with Gasteiger partial charge < -0.3 is 4.74 Å². The maximum atomic E-state index is 5.21. The molecular weight excluding hydrogens is 112 g/mol.